The van der Waals surface area contributed by atoms with E-state index in [0.717, 1.165) is 54.3 Å². The molecule has 4 rings (SSSR count). The number of aryl methyl sites for hydroxylation is 2. The summed E-state index contributed by atoms with van der Waals surface area (Å²) in [6.45, 7) is 16.9. The van der Waals surface area contributed by atoms with E-state index in [-0.39, 0.29) is 5.41 Å². The van der Waals surface area contributed by atoms with Crippen LogP contribution in [0.1, 0.15) is 70.4 Å². The molecule has 0 bridgehead atoms. The number of nitrogens with zero attached hydrogens (tertiary/aromatic N) is 3. The van der Waals surface area contributed by atoms with E-state index >= 15 is 0 Å². The van der Waals surface area contributed by atoms with E-state index in [2.05, 4.69) is 41.0 Å². The zero-order chi connectivity index (χ0) is 29.8. The highest BCUT2D eigenvalue weighted by Gasteiger charge is 2.35. The number of piperidine rings is 1. The molecule has 0 unspecified atom stereocenters. The van der Waals surface area contributed by atoms with Crippen molar-refractivity contribution in [1.82, 2.24) is 9.97 Å². The Morgan fingerprint density at radius 1 is 1.05 bits per heavy atom. The summed E-state index contributed by atoms with van der Waals surface area (Å²) in [6, 6.07) is 11.9. The zero-order valence-corrected chi connectivity index (χ0v) is 25.5. The lowest BCUT2D eigenvalue weighted by molar-refractivity contribution is -0.160. The normalized spacial score (nSPS) is 15.8. The van der Waals surface area contributed by atoms with E-state index in [0.29, 0.717) is 24.4 Å². The standard InChI is InChI=1S/C33H44N4O4/c1-22-8-11-25(12-9-22)40-19-16-34-27-13-10-24(20-36-27)26-21-35-23(2)28(30(31(38)39)41-32(3,4)5)29(26)37-17-14-33(6,7)15-18-37/h8-13,20-21,30H,14-19H2,1-7H3,(H,34,36)(H,38,39)/t30-/m0/s1. The highest BCUT2D eigenvalue weighted by atomic mass is 16.5. The van der Waals surface area contributed by atoms with Gasteiger partial charge in [-0.2, -0.15) is 0 Å². The number of hydrogen-bond acceptors (Lipinski definition) is 7. The Kier molecular flexibility index (Phi) is 9.22. The van der Waals surface area contributed by atoms with Gasteiger partial charge in [0.2, 0.25) is 0 Å². The molecule has 0 radical (unpaired) electrons. The Bertz CT molecular complexity index is 1320. The molecular formula is C33H44N4O4. The SMILES string of the molecule is Cc1ccc(OCCNc2ccc(-c3cnc(C)c([C@H](OC(C)(C)C)C(=O)O)c3N3CCC(C)(C)CC3)cn2)cc1. The maximum atomic E-state index is 12.6. The van der Waals surface area contributed by atoms with Gasteiger partial charge in [0.05, 0.1) is 17.8 Å². The third-order valence-electron chi connectivity index (χ3n) is 7.45. The van der Waals surface area contributed by atoms with E-state index in [1.54, 1.807) is 0 Å². The summed E-state index contributed by atoms with van der Waals surface area (Å²) in [4.78, 5) is 24.2. The maximum absolute atomic E-state index is 12.6. The van der Waals surface area contributed by atoms with Crippen molar-refractivity contribution in [1.29, 1.82) is 0 Å². The summed E-state index contributed by atoms with van der Waals surface area (Å²) in [5.41, 5.74) is 4.66. The van der Waals surface area contributed by atoms with Crippen LogP contribution in [0.25, 0.3) is 11.1 Å². The van der Waals surface area contributed by atoms with Crippen LogP contribution in [-0.4, -0.2) is 52.9 Å². The van der Waals surface area contributed by atoms with Crippen molar-refractivity contribution in [3.8, 4) is 16.9 Å². The smallest absolute Gasteiger partial charge is 0.337 e. The second kappa shape index (κ2) is 12.5. The predicted octanol–water partition coefficient (Wildman–Crippen LogP) is 6.82. The van der Waals surface area contributed by atoms with Crippen LogP contribution >= 0.6 is 0 Å². The van der Waals surface area contributed by atoms with Crippen LogP contribution in [0.5, 0.6) is 5.75 Å². The van der Waals surface area contributed by atoms with Crippen LogP contribution in [0.2, 0.25) is 0 Å². The van der Waals surface area contributed by atoms with E-state index in [9.17, 15) is 9.90 Å². The Hall–Kier alpha value is -3.65. The highest BCUT2D eigenvalue weighted by Crippen LogP contribution is 2.43. The molecule has 220 valence electrons. The molecule has 8 heteroatoms. The number of carboxylic acid groups (broad SMARTS) is 1. The molecule has 0 aliphatic carbocycles. The topological polar surface area (TPSA) is 96.8 Å². The monoisotopic (exact) mass is 560 g/mol. The van der Waals surface area contributed by atoms with Crippen LogP contribution in [0, 0.1) is 19.3 Å². The number of carboxylic acids is 1. The molecule has 1 fully saturated rings. The van der Waals surface area contributed by atoms with Gasteiger partial charge in [-0.05, 0) is 77.1 Å². The Morgan fingerprint density at radius 2 is 1.73 bits per heavy atom. The molecule has 0 saturated carbocycles. The number of anilines is 2. The molecule has 0 spiro atoms. The summed E-state index contributed by atoms with van der Waals surface area (Å²) in [5.74, 6) is 0.556. The van der Waals surface area contributed by atoms with E-state index in [1.165, 1.54) is 5.56 Å². The van der Waals surface area contributed by atoms with Crippen LogP contribution in [0.4, 0.5) is 11.5 Å². The molecule has 1 aromatic carbocycles. The van der Waals surface area contributed by atoms with Crippen molar-refractivity contribution >= 4 is 17.5 Å². The molecule has 2 aromatic heterocycles. The van der Waals surface area contributed by atoms with Crippen molar-refractivity contribution in [2.45, 2.75) is 73.0 Å². The van der Waals surface area contributed by atoms with Gasteiger partial charge in [0, 0.05) is 47.9 Å². The molecule has 8 nitrogen and oxygen atoms in total. The fourth-order valence-corrected chi connectivity index (χ4v) is 5.04. The Labute approximate surface area is 244 Å². The first-order chi connectivity index (χ1) is 19.3. The molecule has 1 aliphatic heterocycles. The summed E-state index contributed by atoms with van der Waals surface area (Å²) < 4.78 is 11.9. The number of hydrogen-bond donors (Lipinski definition) is 2. The number of ether oxygens (including phenoxy) is 2. The quantitative estimate of drug-likeness (QED) is 0.261. The van der Waals surface area contributed by atoms with Crippen molar-refractivity contribution in [3.05, 3.63) is 65.6 Å². The first kappa shape index (κ1) is 30.3. The van der Waals surface area contributed by atoms with Gasteiger partial charge in [-0.3, -0.25) is 4.98 Å². The van der Waals surface area contributed by atoms with E-state index < -0.39 is 17.7 Å². The van der Waals surface area contributed by atoms with E-state index in [4.69, 9.17) is 9.47 Å². The number of rotatable bonds is 10. The molecule has 3 aromatic rings. The van der Waals surface area contributed by atoms with Gasteiger partial charge in [-0.1, -0.05) is 31.5 Å². The van der Waals surface area contributed by atoms with Gasteiger partial charge in [0.25, 0.3) is 0 Å². The number of pyridine rings is 2. The predicted molar refractivity (Wildman–Crippen MR) is 164 cm³/mol. The average molecular weight is 561 g/mol. The average Bonchev–Trinajstić information content (AvgIpc) is 2.91. The largest absolute Gasteiger partial charge is 0.492 e. The molecule has 41 heavy (non-hydrogen) atoms. The number of benzene rings is 1. The van der Waals surface area contributed by atoms with E-state index in [1.807, 2.05) is 76.5 Å². The third-order valence-corrected chi connectivity index (χ3v) is 7.45. The number of aliphatic carboxylic acids is 1. The second-order valence-electron chi connectivity index (χ2n) is 12.6. The van der Waals surface area contributed by atoms with Crippen molar-refractivity contribution in [2.24, 2.45) is 5.41 Å². The molecule has 0 amide bonds. The van der Waals surface area contributed by atoms with Crippen molar-refractivity contribution in [2.75, 3.05) is 36.5 Å². The molecule has 1 aliphatic rings. The van der Waals surface area contributed by atoms with Crippen LogP contribution < -0.4 is 15.0 Å². The molecular weight excluding hydrogens is 516 g/mol. The van der Waals surface area contributed by atoms with Gasteiger partial charge in [0.15, 0.2) is 6.10 Å². The lowest BCUT2D eigenvalue weighted by Gasteiger charge is -2.40. The molecule has 2 N–H and O–H groups in total. The van der Waals surface area contributed by atoms with Crippen LogP contribution in [-0.2, 0) is 9.53 Å². The minimum absolute atomic E-state index is 0.241. The van der Waals surface area contributed by atoms with Gasteiger partial charge in [-0.25, -0.2) is 9.78 Å². The number of nitrogens with one attached hydrogen (secondary N) is 1. The minimum Gasteiger partial charge on any atom is -0.492 e. The second-order valence-corrected chi connectivity index (χ2v) is 12.6. The first-order valence-corrected chi connectivity index (χ1v) is 14.4. The Balaban J connectivity index is 1.61. The van der Waals surface area contributed by atoms with Gasteiger partial charge < -0.3 is 24.8 Å². The van der Waals surface area contributed by atoms with Gasteiger partial charge >= 0.3 is 5.97 Å². The lowest BCUT2D eigenvalue weighted by Crippen LogP contribution is -2.39. The Morgan fingerprint density at radius 3 is 2.32 bits per heavy atom. The maximum Gasteiger partial charge on any atom is 0.337 e. The minimum atomic E-state index is -1.14. The molecule has 1 atom stereocenters. The number of aromatic nitrogens is 2. The van der Waals surface area contributed by atoms with Gasteiger partial charge in [0.1, 0.15) is 18.2 Å². The van der Waals surface area contributed by atoms with Crippen LogP contribution in [0.15, 0.2) is 48.8 Å². The fraction of sp³-hybridized carbons (Fsp3) is 0.485. The van der Waals surface area contributed by atoms with Crippen molar-refractivity contribution in [3.63, 3.8) is 0 Å². The lowest BCUT2D eigenvalue weighted by atomic mass is 9.82. The third kappa shape index (κ3) is 7.97. The summed E-state index contributed by atoms with van der Waals surface area (Å²) in [5, 5.41) is 13.6. The fourth-order valence-electron chi connectivity index (χ4n) is 5.04. The number of carbonyl (C=O) groups is 1. The van der Waals surface area contributed by atoms with Gasteiger partial charge in [-0.15, -0.1) is 0 Å². The first-order valence-electron chi connectivity index (χ1n) is 14.4. The zero-order valence-electron chi connectivity index (χ0n) is 25.5. The van der Waals surface area contributed by atoms with Crippen LogP contribution in [0.3, 0.4) is 0 Å². The molecule has 3 heterocycles. The summed E-state index contributed by atoms with van der Waals surface area (Å²) in [6.07, 6.45) is 4.53. The highest BCUT2D eigenvalue weighted by molar-refractivity contribution is 5.86. The molecule has 1 saturated heterocycles. The summed E-state index contributed by atoms with van der Waals surface area (Å²) >= 11 is 0. The van der Waals surface area contributed by atoms with Crippen molar-refractivity contribution < 1.29 is 19.4 Å². The summed E-state index contributed by atoms with van der Waals surface area (Å²) in [7, 11) is 0.